The number of benzene rings is 1. The molecule has 0 saturated heterocycles. The zero-order valence-electron chi connectivity index (χ0n) is 10.4. The largest absolute Gasteiger partial charge is 0.390 e. The van der Waals surface area contributed by atoms with E-state index < -0.39 is 11.0 Å². The zero-order valence-corrected chi connectivity index (χ0v) is 10.4. The van der Waals surface area contributed by atoms with Crippen LogP contribution in [0.3, 0.4) is 0 Å². The summed E-state index contributed by atoms with van der Waals surface area (Å²) in [5.74, 6) is 0. The van der Waals surface area contributed by atoms with Crippen LogP contribution in [0.1, 0.15) is 5.56 Å². The average molecular weight is 262 g/mol. The van der Waals surface area contributed by atoms with Crippen molar-refractivity contribution < 1.29 is 14.8 Å². The van der Waals surface area contributed by atoms with E-state index in [0.29, 0.717) is 11.8 Å². The number of aliphatic hydroxyl groups excluding tert-OH is 1. The summed E-state index contributed by atoms with van der Waals surface area (Å²) < 4.78 is 4.88. The van der Waals surface area contributed by atoms with Gasteiger partial charge in [0.2, 0.25) is 0 Å². The molecule has 2 aromatic rings. The number of hydrogen-bond acceptors (Lipinski definition) is 5. The molecule has 1 N–H and O–H groups in total. The SMILES string of the molecule is COCC(O)Cc1ccc([N+](=O)[O-])c2cnccc12. The van der Waals surface area contributed by atoms with Crippen molar-refractivity contribution in [2.45, 2.75) is 12.5 Å². The number of ether oxygens (including phenoxy) is 1. The molecule has 0 amide bonds. The summed E-state index contributed by atoms with van der Waals surface area (Å²) in [6.07, 6.45) is 2.80. The second-order valence-corrected chi connectivity index (χ2v) is 4.24. The van der Waals surface area contributed by atoms with Crippen molar-refractivity contribution in [3.05, 3.63) is 46.3 Å². The van der Waals surface area contributed by atoms with Crippen LogP contribution in [0.2, 0.25) is 0 Å². The molecule has 0 radical (unpaired) electrons. The number of methoxy groups -OCH3 is 1. The molecule has 1 atom stereocenters. The van der Waals surface area contributed by atoms with E-state index in [1.165, 1.54) is 19.4 Å². The normalized spacial score (nSPS) is 12.5. The van der Waals surface area contributed by atoms with E-state index >= 15 is 0 Å². The Hall–Kier alpha value is -2.05. The molecule has 0 aliphatic rings. The summed E-state index contributed by atoms with van der Waals surface area (Å²) in [6.45, 7) is 0.226. The Labute approximate surface area is 109 Å². The molecule has 1 heterocycles. The molecule has 100 valence electrons. The zero-order chi connectivity index (χ0) is 13.8. The van der Waals surface area contributed by atoms with Crippen LogP contribution >= 0.6 is 0 Å². The highest BCUT2D eigenvalue weighted by atomic mass is 16.6. The maximum absolute atomic E-state index is 11.0. The van der Waals surface area contributed by atoms with Gasteiger partial charge >= 0.3 is 0 Å². The molecule has 0 saturated carbocycles. The lowest BCUT2D eigenvalue weighted by Gasteiger charge is -2.11. The Morgan fingerprint density at radius 2 is 2.21 bits per heavy atom. The Bertz CT molecular complexity index is 600. The van der Waals surface area contributed by atoms with E-state index in [1.54, 1.807) is 18.3 Å². The van der Waals surface area contributed by atoms with Gasteiger partial charge in [-0.25, -0.2) is 0 Å². The van der Waals surface area contributed by atoms with Gasteiger partial charge in [-0.2, -0.15) is 0 Å². The van der Waals surface area contributed by atoms with Gasteiger partial charge in [-0.05, 0) is 17.0 Å². The first-order valence-electron chi connectivity index (χ1n) is 5.80. The van der Waals surface area contributed by atoms with Crippen LogP contribution < -0.4 is 0 Å². The van der Waals surface area contributed by atoms with E-state index in [2.05, 4.69) is 4.98 Å². The van der Waals surface area contributed by atoms with Crippen molar-refractivity contribution in [3.8, 4) is 0 Å². The number of pyridine rings is 1. The van der Waals surface area contributed by atoms with Gasteiger partial charge in [0.25, 0.3) is 5.69 Å². The molecule has 2 rings (SSSR count). The van der Waals surface area contributed by atoms with Crippen molar-refractivity contribution in [2.75, 3.05) is 13.7 Å². The van der Waals surface area contributed by atoms with Gasteiger partial charge < -0.3 is 9.84 Å². The molecule has 1 aromatic heterocycles. The van der Waals surface area contributed by atoms with Crippen LogP contribution in [0.25, 0.3) is 10.8 Å². The number of aliphatic hydroxyl groups is 1. The van der Waals surface area contributed by atoms with Crippen LogP contribution in [0.15, 0.2) is 30.6 Å². The van der Waals surface area contributed by atoms with Crippen molar-refractivity contribution in [1.82, 2.24) is 4.98 Å². The molecule has 0 bridgehead atoms. The highest BCUT2D eigenvalue weighted by molar-refractivity contribution is 5.92. The molecular weight excluding hydrogens is 248 g/mol. The first-order chi connectivity index (χ1) is 9.13. The number of rotatable bonds is 5. The van der Waals surface area contributed by atoms with Gasteiger partial charge in [-0.3, -0.25) is 15.1 Å². The maximum Gasteiger partial charge on any atom is 0.278 e. The third-order valence-corrected chi connectivity index (χ3v) is 2.90. The quantitative estimate of drug-likeness (QED) is 0.654. The smallest absolute Gasteiger partial charge is 0.278 e. The summed E-state index contributed by atoms with van der Waals surface area (Å²) in [7, 11) is 1.51. The van der Waals surface area contributed by atoms with E-state index in [4.69, 9.17) is 4.74 Å². The van der Waals surface area contributed by atoms with E-state index in [0.717, 1.165) is 10.9 Å². The fraction of sp³-hybridized carbons (Fsp3) is 0.308. The highest BCUT2D eigenvalue weighted by Crippen LogP contribution is 2.28. The summed E-state index contributed by atoms with van der Waals surface area (Å²) in [5, 5.41) is 21.9. The number of aromatic nitrogens is 1. The van der Waals surface area contributed by atoms with Gasteiger partial charge in [0.15, 0.2) is 0 Å². The fourth-order valence-corrected chi connectivity index (χ4v) is 2.08. The summed E-state index contributed by atoms with van der Waals surface area (Å²) in [5.41, 5.74) is 0.862. The second kappa shape index (κ2) is 5.73. The summed E-state index contributed by atoms with van der Waals surface area (Å²) in [4.78, 5) is 14.4. The summed E-state index contributed by atoms with van der Waals surface area (Å²) in [6, 6.07) is 4.83. The number of nitro benzene ring substituents is 1. The predicted octanol–water partition coefficient (Wildman–Crippen LogP) is 1.69. The van der Waals surface area contributed by atoms with Gasteiger partial charge in [0, 0.05) is 32.0 Å². The van der Waals surface area contributed by atoms with Crippen molar-refractivity contribution in [2.24, 2.45) is 0 Å². The van der Waals surface area contributed by atoms with E-state index in [9.17, 15) is 15.2 Å². The number of fused-ring (bicyclic) bond motifs is 1. The molecule has 0 fully saturated rings. The minimum Gasteiger partial charge on any atom is -0.390 e. The Morgan fingerprint density at radius 3 is 2.89 bits per heavy atom. The monoisotopic (exact) mass is 262 g/mol. The third kappa shape index (κ3) is 2.86. The molecule has 1 unspecified atom stereocenters. The molecule has 1 aromatic carbocycles. The number of nitro groups is 1. The molecule has 19 heavy (non-hydrogen) atoms. The van der Waals surface area contributed by atoms with E-state index in [1.807, 2.05) is 0 Å². The Morgan fingerprint density at radius 1 is 1.42 bits per heavy atom. The predicted molar refractivity (Wildman–Crippen MR) is 70.0 cm³/mol. The van der Waals surface area contributed by atoms with Gasteiger partial charge in [-0.1, -0.05) is 6.07 Å². The first kappa shape index (κ1) is 13.4. The standard InChI is InChI=1S/C13H14N2O4/c1-19-8-10(16)6-9-2-3-13(15(17)18)12-7-14-5-4-11(9)12/h2-5,7,10,16H,6,8H2,1H3. The lowest BCUT2D eigenvalue weighted by atomic mass is 10.0. The lowest BCUT2D eigenvalue weighted by molar-refractivity contribution is -0.383. The number of nitrogens with zero attached hydrogens (tertiary/aromatic N) is 2. The third-order valence-electron chi connectivity index (χ3n) is 2.90. The van der Waals surface area contributed by atoms with Gasteiger partial charge in [0.05, 0.1) is 23.0 Å². The number of non-ortho nitro benzene ring substituents is 1. The summed E-state index contributed by atoms with van der Waals surface area (Å²) >= 11 is 0. The molecular formula is C13H14N2O4. The minimum atomic E-state index is -0.636. The average Bonchev–Trinajstić information content (AvgIpc) is 2.39. The molecule has 6 nitrogen and oxygen atoms in total. The van der Waals surface area contributed by atoms with Crippen LogP contribution in [0, 0.1) is 10.1 Å². The van der Waals surface area contributed by atoms with Crippen LogP contribution in [0.4, 0.5) is 5.69 Å². The minimum absolute atomic E-state index is 0.0214. The molecule has 0 spiro atoms. The van der Waals surface area contributed by atoms with Crippen LogP contribution in [0.5, 0.6) is 0 Å². The van der Waals surface area contributed by atoms with E-state index in [-0.39, 0.29) is 12.3 Å². The highest BCUT2D eigenvalue weighted by Gasteiger charge is 2.16. The Balaban J connectivity index is 2.46. The first-order valence-corrected chi connectivity index (χ1v) is 5.80. The molecule has 0 aliphatic carbocycles. The van der Waals surface area contributed by atoms with Crippen LogP contribution in [-0.4, -0.2) is 34.8 Å². The molecule has 0 aliphatic heterocycles. The van der Waals surface area contributed by atoms with Crippen molar-refractivity contribution in [1.29, 1.82) is 0 Å². The second-order valence-electron chi connectivity index (χ2n) is 4.24. The Kier molecular flexibility index (Phi) is 4.03. The van der Waals surface area contributed by atoms with Gasteiger partial charge in [-0.15, -0.1) is 0 Å². The maximum atomic E-state index is 11.0. The number of hydrogen-bond donors (Lipinski definition) is 1. The van der Waals surface area contributed by atoms with Gasteiger partial charge in [0.1, 0.15) is 0 Å². The fourth-order valence-electron chi connectivity index (χ4n) is 2.08. The van der Waals surface area contributed by atoms with Crippen molar-refractivity contribution in [3.63, 3.8) is 0 Å². The van der Waals surface area contributed by atoms with Crippen molar-refractivity contribution >= 4 is 16.5 Å². The lowest BCUT2D eigenvalue weighted by Crippen LogP contribution is -2.17. The topological polar surface area (TPSA) is 85.5 Å². The van der Waals surface area contributed by atoms with Crippen LogP contribution in [-0.2, 0) is 11.2 Å². The molecule has 6 heteroatoms.